The standard InChI is InChI=1S/C15H27N3O2/c1-3-14(2)10-15(6-8-20-14)11-17-13(16)18(15)9-12-5-4-7-19-12/h12H,3-11H2,1-2H3,(H2,16,17). The van der Waals surface area contributed by atoms with Gasteiger partial charge in [0, 0.05) is 26.2 Å². The van der Waals surface area contributed by atoms with Gasteiger partial charge in [-0.25, -0.2) is 0 Å². The lowest BCUT2D eigenvalue weighted by atomic mass is 9.78. The predicted molar refractivity (Wildman–Crippen MR) is 78.8 cm³/mol. The smallest absolute Gasteiger partial charge is 0.191 e. The number of nitrogens with zero attached hydrogens (tertiary/aromatic N) is 2. The molecule has 1 spiro atoms. The fourth-order valence-corrected chi connectivity index (χ4v) is 3.84. The first-order valence-electron chi connectivity index (χ1n) is 7.90. The molecule has 0 bridgehead atoms. The molecule has 0 saturated carbocycles. The van der Waals surface area contributed by atoms with Crippen molar-refractivity contribution in [1.82, 2.24) is 4.90 Å². The maximum atomic E-state index is 6.17. The van der Waals surface area contributed by atoms with Gasteiger partial charge in [-0.15, -0.1) is 0 Å². The first kappa shape index (κ1) is 14.1. The van der Waals surface area contributed by atoms with E-state index in [1.54, 1.807) is 0 Å². The number of hydrogen-bond acceptors (Lipinski definition) is 5. The van der Waals surface area contributed by atoms with E-state index in [-0.39, 0.29) is 11.1 Å². The lowest BCUT2D eigenvalue weighted by molar-refractivity contribution is -0.117. The van der Waals surface area contributed by atoms with E-state index < -0.39 is 0 Å². The van der Waals surface area contributed by atoms with Crippen LogP contribution in [0.25, 0.3) is 0 Å². The number of guanidine groups is 1. The van der Waals surface area contributed by atoms with Crippen molar-refractivity contribution in [2.24, 2.45) is 10.7 Å². The molecule has 2 saturated heterocycles. The fourth-order valence-electron chi connectivity index (χ4n) is 3.84. The quantitative estimate of drug-likeness (QED) is 0.852. The summed E-state index contributed by atoms with van der Waals surface area (Å²) >= 11 is 0. The normalized spacial score (nSPS) is 41.4. The molecule has 0 radical (unpaired) electrons. The summed E-state index contributed by atoms with van der Waals surface area (Å²) in [5.74, 6) is 0.695. The van der Waals surface area contributed by atoms with Gasteiger partial charge in [0.05, 0.1) is 23.8 Å². The predicted octanol–water partition coefficient (Wildman–Crippen LogP) is 1.51. The van der Waals surface area contributed by atoms with E-state index in [9.17, 15) is 0 Å². The van der Waals surface area contributed by atoms with Crippen molar-refractivity contribution in [2.45, 2.75) is 63.2 Å². The number of nitrogens with two attached hydrogens (primary N) is 1. The summed E-state index contributed by atoms with van der Waals surface area (Å²) < 4.78 is 11.8. The van der Waals surface area contributed by atoms with Crippen LogP contribution in [0, 0.1) is 0 Å². The lowest BCUT2D eigenvalue weighted by Gasteiger charge is -2.49. The zero-order valence-electron chi connectivity index (χ0n) is 12.7. The van der Waals surface area contributed by atoms with E-state index in [0.29, 0.717) is 12.1 Å². The van der Waals surface area contributed by atoms with Gasteiger partial charge in [0.15, 0.2) is 5.96 Å². The number of ether oxygens (including phenoxy) is 2. The van der Waals surface area contributed by atoms with E-state index in [4.69, 9.17) is 15.2 Å². The molecular formula is C15H27N3O2. The molecule has 5 nitrogen and oxygen atoms in total. The summed E-state index contributed by atoms with van der Waals surface area (Å²) in [7, 11) is 0. The van der Waals surface area contributed by atoms with Crippen molar-refractivity contribution in [2.75, 3.05) is 26.3 Å². The lowest BCUT2D eigenvalue weighted by Crippen LogP contribution is -2.60. The molecule has 0 aliphatic carbocycles. The minimum atomic E-state index is -0.0484. The molecular weight excluding hydrogens is 254 g/mol. The molecule has 3 rings (SSSR count). The molecule has 3 unspecified atom stereocenters. The van der Waals surface area contributed by atoms with Crippen LogP contribution in [-0.2, 0) is 9.47 Å². The maximum Gasteiger partial charge on any atom is 0.191 e. The number of rotatable bonds is 3. The average molecular weight is 281 g/mol. The Morgan fingerprint density at radius 3 is 3.00 bits per heavy atom. The van der Waals surface area contributed by atoms with Crippen LogP contribution in [0.2, 0.25) is 0 Å². The Hall–Kier alpha value is -0.810. The van der Waals surface area contributed by atoms with Crippen molar-refractivity contribution >= 4 is 5.96 Å². The molecule has 3 atom stereocenters. The summed E-state index contributed by atoms with van der Waals surface area (Å²) in [6.45, 7) is 7.79. The van der Waals surface area contributed by atoms with Gasteiger partial charge in [-0.05, 0) is 32.6 Å². The van der Waals surface area contributed by atoms with Gasteiger partial charge in [0.2, 0.25) is 0 Å². The topological polar surface area (TPSA) is 60.1 Å². The monoisotopic (exact) mass is 281 g/mol. The highest BCUT2D eigenvalue weighted by molar-refractivity contribution is 5.81. The third-order valence-electron chi connectivity index (χ3n) is 5.26. The second-order valence-electron chi connectivity index (χ2n) is 6.72. The molecule has 114 valence electrons. The molecule has 0 aromatic heterocycles. The zero-order chi connectivity index (χ0) is 14.2. The Bertz CT molecular complexity index is 395. The van der Waals surface area contributed by atoms with Gasteiger partial charge >= 0.3 is 0 Å². The van der Waals surface area contributed by atoms with Crippen LogP contribution in [0.15, 0.2) is 4.99 Å². The van der Waals surface area contributed by atoms with Crippen LogP contribution < -0.4 is 5.73 Å². The van der Waals surface area contributed by atoms with Crippen molar-refractivity contribution < 1.29 is 9.47 Å². The Morgan fingerprint density at radius 1 is 1.45 bits per heavy atom. The SMILES string of the molecule is CCC1(C)CC2(CCO1)CN=C(N)N2CC1CCCO1. The molecule has 20 heavy (non-hydrogen) atoms. The minimum absolute atomic E-state index is 0.0484. The van der Waals surface area contributed by atoms with E-state index >= 15 is 0 Å². The summed E-state index contributed by atoms with van der Waals surface area (Å²) in [5, 5.41) is 0. The fraction of sp³-hybridized carbons (Fsp3) is 0.933. The van der Waals surface area contributed by atoms with Gasteiger partial charge in [-0.2, -0.15) is 0 Å². The third-order valence-corrected chi connectivity index (χ3v) is 5.26. The Kier molecular flexibility index (Phi) is 3.67. The molecule has 3 aliphatic rings. The molecule has 2 fully saturated rings. The van der Waals surface area contributed by atoms with Crippen LogP contribution in [0.1, 0.15) is 46.0 Å². The number of hydrogen-bond donors (Lipinski definition) is 1. The Balaban J connectivity index is 1.76. The summed E-state index contributed by atoms with van der Waals surface area (Å²) in [6, 6.07) is 0. The Morgan fingerprint density at radius 2 is 2.30 bits per heavy atom. The highest BCUT2D eigenvalue weighted by atomic mass is 16.5. The third kappa shape index (κ3) is 2.42. The van der Waals surface area contributed by atoms with E-state index in [1.165, 1.54) is 6.42 Å². The molecule has 0 aromatic rings. The number of aliphatic imine (C=N–C) groups is 1. The second kappa shape index (κ2) is 5.19. The van der Waals surface area contributed by atoms with Gasteiger partial charge in [-0.1, -0.05) is 6.92 Å². The molecule has 3 aliphatic heterocycles. The largest absolute Gasteiger partial charge is 0.376 e. The maximum absolute atomic E-state index is 6.17. The van der Waals surface area contributed by atoms with Gasteiger partial charge < -0.3 is 20.1 Å². The average Bonchev–Trinajstić information content (AvgIpc) is 3.04. The highest BCUT2D eigenvalue weighted by Gasteiger charge is 2.50. The molecule has 2 N–H and O–H groups in total. The first-order valence-corrected chi connectivity index (χ1v) is 7.90. The van der Waals surface area contributed by atoms with Crippen LogP contribution >= 0.6 is 0 Å². The molecule has 0 amide bonds. The van der Waals surface area contributed by atoms with Crippen molar-refractivity contribution in [3.63, 3.8) is 0 Å². The van der Waals surface area contributed by atoms with Gasteiger partial charge in [-0.3, -0.25) is 4.99 Å². The molecule has 0 aromatic carbocycles. The molecule has 5 heteroatoms. The summed E-state index contributed by atoms with van der Waals surface area (Å²) in [4.78, 5) is 6.86. The summed E-state index contributed by atoms with van der Waals surface area (Å²) in [6.07, 6.45) is 5.67. The van der Waals surface area contributed by atoms with Crippen molar-refractivity contribution in [3.05, 3.63) is 0 Å². The summed E-state index contributed by atoms with van der Waals surface area (Å²) in [5.41, 5.74) is 6.18. The van der Waals surface area contributed by atoms with E-state index in [0.717, 1.165) is 52.0 Å². The zero-order valence-corrected chi connectivity index (χ0v) is 12.7. The van der Waals surface area contributed by atoms with Crippen molar-refractivity contribution in [3.8, 4) is 0 Å². The van der Waals surface area contributed by atoms with Crippen LogP contribution in [-0.4, -0.2) is 54.4 Å². The van der Waals surface area contributed by atoms with Gasteiger partial charge in [0.25, 0.3) is 0 Å². The highest BCUT2D eigenvalue weighted by Crippen LogP contribution is 2.41. The minimum Gasteiger partial charge on any atom is -0.376 e. The van der Waals surface area contributed by atoms with Gasteiger partial charge in [0.1, 0.15) is 0 Å². The second-order valence-corrected chi connectivity index (χ2v) is 6.72. The first-order chi connectivity index (χ1) is 9.57. The Labute approximate surface area is 121 Å². The van der Waals surface area contributed by atoms with Crippen LogP contribution in [0.4, 0.5) is 0 Å². The van der Waals surface area contributed by atoms with E-state index in [2.05, 4.69) is 23.7 Å². The van der Waals surface area contributed by atoms with Crippen LogP contribution in [0.5, 0.6) is 0 Å². The molecule has 3 heterocycles. The van der Waals surface area contributed by atoms with E-state index in [1.807, 2.05) is 0 Å². The van der Waals surface area contributed by atoms with Crippen molar-refractivity contribution in [1.29, 1.82) is 0 Å². The van der Waals surface area contributed by atoms with Crippen LogP contribution in [0.3, 0.4) is 0 Å².